The summed E-state index contributed by atoms with van der Waals surface area (Å²) in [6, 6.07) is 1.96. The highest BCUT2D eigenvalue weighted by molar-refractivity contribution is 6.36. The third kappa shape index (κ3) is 2.90. The van der Waals surface area contributed by atoms with Gasteiger partial charge in [-0.3, -0.25) is 10.1 Å². The molecule has 0 N–H and O–H groups in total. The Balaban J connectivity index is 3.27. The van der Waals surface area contributed by atoms with Crippen LogP contribution in [0.2, 0.25) is 10.0 Å². The Kier molecular flexibility index (Phi) is 3.65. The largest absolute Gasteiger partial charge is 0.426 e. The minimum atomic E-state index is -3.19. The summed E-state index contributed by atoms with van der Waals surface area (Å²) in [7, 11) is 0. The van der Waals surface area contributed by atoms with Crippen molar-refractivity contribution in [3.63, 3.8) is 0 Å². The van der Waals surface area contributed by atoms with Gasteiger partial charge in [-0.25, -0.2) is 0 Å². The summed E-state index contributed by atoms with van der Waals surface area (Å²) in [6.07, 6.45) is 0. The molecule has 0 bridgehead atoms. The summed E-state index contributed by atoms with van der Waals surface area (Å²) in [5.74, 6) is -0.693. The van der Waals surface area contributed by atoms with Gasteiger partial charge < -0.3 is 4.74 Å². The van der Waals surface area contributed by atoms with E-state index in [4.69, 9.17) is 23.2 Å². The van der Waals surface area contributed by atoms with Gasteiger partial charge in [0.25, 0.3) is 0 Å². The quantitative estimate of drug-likeness (QED) is 0.615. The van der Waals surface area contributed by atoms with Crippen LogP contribution in [0.4, 0.5) is 14.5 Å². The first-order chi connectivity index (χ1) is 6.91. The highest BCUT2D eigenvalue weighted by Gasteiger charge is 2.22. The fraction of sp³-hybridized carbons (Fsp3) is 0.143. The van der Waals surface area contributed by atoms with Crippen molar-refractivity contribution in [2.24, 2.45) is 0 Å². The maximum Gasteiger partial charge on any atom is 0.387 e. The summed E-state index contributed by atoms with van der Waals surface area (Å²) in [6.45, 7) is -3.19. The number of rotatable bonds is 3. The Hall–Kier alpha value is -1.14. The van der Waals surface area contributed by atoms with E-state index in [1.807, 2.05) is 0 Å². The molecule has 8 heteroatoms. The van der Waals surface area contributed by atoms with Crippen molar-refractivity contribution >= 4 is 28.9 Å². The molecule has 4 nitrogen and oxygen atoms in total. The van der Waals surface area contributed by atoms with Gasteiger partial charge in [0.1, 0.15) is 0 Å². The lowest BCUT2D eigenvalue weighted by atomic mass is 10.3. The van der Waals surface area contributed by atoms with E-state index in [-0.39, 0.29) is 10.0 Å². The molecule has 0 atom stereocenters. The molecule has 15 heavy (non-hydrogen) atoms. The summed E-state index contributed by atoms with van der Waals surface area (Å²) in [5, 5.41) is 10.1. The minimum absolute atomic E-state index is 0.0340. The van der Waals surface area contributed by atoms with Crippen LogP contribution in [0.1, 0.15) is 0 Å². The smallest absolute Gasteiger partial charge is 0.387 e. The van der Waals surface area contributed by atoms with Crippen molar-refractivity contribution in [3.8, 4) is 5.75 Å². The molecule has 0 saturated carbocycles. The maximum atomic E-state index is 11.9. The third-order valence-electron chi connectivity index (χ3n) is 1.39. The molecule has 0 saturated heterocycles. The molecule has 1 rings (SSSR count). The molecule has 1 aromatic rings. The predicted molar refractivity (Wildman–Crippen MR) is 49.7 cm³/mol. The highest BCUT2D eigenvalue weighted by atomic mass is 35.5. The molecular weight excluding hydrogens is 255 g/mol. The fourth-order valence-electron chi connectivity index (χ4n) is 0.888. The molecule has 0 amide bonds. The van der Waals surface area contributed by atoms with Gasteiger partial charge in [0.2, 0.25) is 5.75 Å². The van der Waals surface area contributed by atoms with Gasteiger partial charge in [0.15, 0.2) is 0 Å². The molecule has 0 aliphatic heterocycles. The van der Waals surface area contributed by atoms with Crippen LogP contribution >= 0.6 is 23.2 Å². The summed E-state index contributed by atoms with van der Waals surface area (Å²) in [4.78, 5) is 9.56. The van der Waals surface area contributed by atoms with E-state index in [2.05, 4.69) is 4.74 Å². The van der Waals surface area contributed by atoms with Gasteiger partial charge in [0.05, 0.1) is 9.95 Å². The van der Waals surface area contributed by atoms with E-state index in [1.54, 1.807) is 0 Å². The molecule has 0 radical (unpaired) electrons. The van der Waals surface area contributed by atoms with Gasteiger partial charge in [0, 0.05) is 11.1 Å². The van der Waals surface area contributed by atoms with Gasteiger partial charge >= 0.3 is 12.3 Å². The third-order valence-corrected chi connectivity index (χ3v) is 1.89. The van der Waals surface area contributed by atoms with E-state index in [0.29, 0.717) is 0 Å². The van der Waals surface area contributed by atoms with Gasteiger partial charge in [-0.05, 0) is 6.07 Å². The molecule has 0 aromatic heterocycles. The minimum Gasteiger partial charge on any atom is -0.426 e. The second kappa shape index (κ2) is 4.59. The number of hydrogen-bond donors (Lipinski definition) is 0. The number of alkyl halides is 2. The van der Waals surface area contributed by atoms with Crippen molar-refractivity contribution in [1.29, 1.82) is 0 Å². The second-order valence-corrected chi connectivity index (χ2v) is 3.22. The average molecular weight is 258 g/mol. The molecule has 0 fully saturated rings. The Labute approximate surface area is 92.5 Å². The molecule has 0 aliphatic carbocycles. The molecule has 0 unspecified atom stereocenters. The van der Waals surface area contributed by atoms with E-state index < -0.39 is 23.0 Å². The van der Waals surface area contributed by atoms with Crippen LogP contribution in [0.3, 0.4) is 0 Å². The zero-order chi connectivity index (χ0) is 11.6. The first-order valence-electron chi connectivity index (χ1n) is 3.50. The lowest BCUT2D eigenvalue weighted by Crippen LogP contribution is -2.05. The predicted octanol–water partition coefficient (Wildman–Crippen LogP) is 3.50. The number of halogens is 4. The zero-order valence-electron chi connectivity index (χ0n) is 6.92. The summed E-state index contributed by atoms with van der Waals surface area (Å²) < 4.78 is 27.7. The van der Waals surface area contributed by atoms with Gasteiger partial charge in [-0.2, -0.15) is 8.78 Å². The Morgan fingerprint density at radius 3 is 2.47 bits per heavy atom. The number of ether oxygens (including phenoxy) is 1. The van der Waals surface area contributed by atoms with Crippen LogP contribution in [-0.2, 0) is 0 Å². The Morgan fingerprint density at radius 1 is 1.40 bits per heavy atom. The van der Waals surface area contributed by atoms with Crippen molar-refractivity contribution in [3.05, 3.63) is 32.3 Å². The number of hydrogen-bond acceptors (Lipinski definition) is 3. The number of nitro benzene ring substituents is 1. The number of nitrogens with zero attached hydrogens (tertiary/aromatic N) is 1. The number of nitro groups is 1. The lowest BCUT2D eigenvalue weighted by molar-refractivity contribution is -0.386. The number of benzene rings is 1. The van der Waals surface area contributed by atoms with Crippen molar-refractivity contribution in [2.45, 2.75) is 6.61 Å². The maximum absolute atomic E-state index is 11.9. The lowest BCUT2D eigenvalue weighted by Gasteiger charge is -2.07. The molecule has 0 heterocycles. The van der Waals surface area contributed by atoms with Gasteiger partial charge in [-0.15, -0.1) is 0 Å². The van der Waals surface area contributed by atoms with Crippen LogP contribution in [0.25, 0.3) is 0 Å². The molecular formula is C7H3Cl2F2NO3. The van der Waals surface area contributed by atoms with E-state index in [9.17, 15) is 18.9 Å². The van der Waals surface area contributed by atoms with E-state index >= 15 is 0 Å². The van der Waals surface area contributed by atoms with E-state index in [0.717, 1.165) is 12.1 Å². The van der Waals surface area contributed by atoms with Crippen LogP contribution in [-0.4, -0.2) is 11.5 Å². The average Bonchev–Trinajstić information content (AvgIpc) is 2.08. The van der Waals surface area contributed by atoms with Crippen LogP contribution in [0.15, 0.2) is 12.1 Å². The monoisotopic (exact) mass is 257 g/mol. The standard InChI is InChI=1S/C7H3Cl2F2NO3/c8-3-1-4(9)6(15-7(10)11)5(2-3)12(13)14/h1-2,7H. The van der Waals surface area contributed by atoms with Crippen molar-refractivity contribution < 1.29 is 18.4 Å². The SMILES string of the molecule is O=[N+]([O-])c1cc(Cl)cc(Cl)c1OC(F)F. The van der Waals surface area contributed by atoms with E-state index in [1.165, 1.54) is 0 Å². The first-order valence-corrected chi connectivity index (χ1v) is 4.25. The molecule has 0 spiro atoms. The Bertz CT molecular complexity index is 400. The zero-order valence-corrected chi connectivity index (χ0v) is 8.43. The first kappa shape index (κ1) is 11.9. The molecule has 82 valence electrons. The summed E-state index contributed by atoms with van der Waals surface area (Å²) in [5.41, 5.74) is -0.701. The second-order valence-electron chi connectivity index (χ2n) is 2.37. The van der Waals surface area contributed by atoms with Crippen LogP contribution < -0.4 is 4.74 Å². The fourth-order valence-corrected chi connectivity index (χ4v) is 1.42. The van der Waals surface area contributed by atoms with Crippen LogP contribution in [0, 0.1) is 10.1 Å². The topological polar surface area (TPSA) is 52.4 Å². The van der Waals surface area contributed by atoms with Crippen molar-refractivity contribution in [1.82, 2.24) is 0 Å². The molecule has 1 aromatic carbocycles. The Morgan fingerprint density at radius 2 is 2.00 bits per heavy atom. The molecule has 0 aliphatic rings. The highest BCUT2D eigenvalue weighted by Crippen LogP contribution is 2.38. The van der Waals surface area contributed by atoms with Crippen molar-refractivity contribution in [2.75, 3.05) is 0 Å². The summed E-state index contributed by atoms with van der Waals surface area (Å²) >= 11 is 10.9. The van der Waals surface area contributed by atoms with Gasteiger partial charge in [-0.1, -0.05) is 23.2 Å². The van der Waals surface area contributed by atoms with Crippen LogP contribution in [0.5, 0.6) is 5.75 Å². The normalized spacial score (nSPS) is 10.5.